The van der Waals surface area contributed by atoms with Crippen molar-refractivity contribution in [1.82, 2.24) is 0 Å². The SMILES string of the molecule is NCC(F)(CCCc1ccccc1)c1ccccc1. The molecule has 0 aliphatic rings. The molecule has 0 saturated heterocycles. The zero-order chi connectivity index (χ0) is 13.6. The molecule has 2 N–H and O–H groups in total. The Bertz CT molecular complexity index is 483. The monoisotopic (exact) mass is 257 g/mol. The second kappa shape index (κ2) is 6.48. The molecule has 0 radical (unpaired) electrons. The summed E-state index contributed by atoms with van der Waals surface area (Å²) in [5.41, 5.74) is 6.17. The second-order valence-electron chi connectivity index (χ2n) is 4.87. The minimum absolute atomic E-state index is 0.0335. The first-order valence-electron chi connectivity index (χ1n) is 6.73. The van der Waals surface area contributed by atoms with Crippen LogP contribution in [0, 0.1) is 0 Å². The summed E-state index contributed by atoms with van der Waals surface area (Å²) in [4.78, 5) is 0. The number of hydrogen-bond acceptors (Lipinski definition) is 1. The lowest BCUT2D eigenvalue weighted by molar-refractivity contribution is 0.157. The molecular formula is C17H20FN. The maximum atomic E-state index is 14.8. The van der Waals surface area contributed by atoms with Gasteiger partial charge in [0.1, 0.15) is 5.67 Å². The highest BCUT2D eigenvalue weighted by Gasteiger charge is 2.29. The predicted molar refractivity (Wildman–Crippen MR) is 77.7 cm³/mol. The van der Waals surface area contributed by atoms with E-state index in [9.17, 15) is 4.39 Å². The Labute approximate surface area is 114 Å². The summed E-state index contributed by atoms with van der Waals surface area (Å²) in [6.07, 6.45) is 2.15. The Morgan fingerprint density at radius 1 is 0.895 bits per heavy atom. The molecule has 2 heteroatoms. The van der Waals surface area contributed by atoms with Crippen LogP contribution in [-0.4, -0.2) is 6.54 Å². The standard InChI is InChI=1S/C17H20FN/c18-17(14-19,16-11-5-2-6-12-16)13-7-10-15-8-3-1-4-9-15/h1-6,8-9,11-12H,7,10,13-14,19H2. The van der Waals surface area contributed by atoms with E-state index >= 15 is 0 Å². The first-order valence-corrected chi connectivity index (χ1v) is 6.73. The molecule has 2 aromatic carbocycles. The van der Waals surface area contributed by atoms with Gasteiger partial charge in [0.2, 0.25) is 0 Å². The van der Waals surface area contributed by atoms with Crippen molar-refractivity contribution in [1.29, 1.82) is 0 Å². The molecule has 2 rings (SSSR count). The quantitative estimate of drug-likeness (QED) is 0.836. The van der Waals surface area contributed by atoms with Crippen molar-refractivity contribution in [3.8, 4) is 0 Å². The van der Waals surface area contributed by atoms with Crippen LogP contribution in [-0.2, 0) is 12.1 Å². The fourth-order valence-electron chi connectivity index (χ4n) is 2.32. The van der Waals surface area contributed by atoms with Gasteiger partial charge in [-0.1, -0.05) is 60.7 Å². The van der Waals surface area contributed by atoms with Gasteiger partial charge in [-0.3, -0.25) is 0 Å². The minimum atomic E-state index is -1.41. The van der Waals surface area contributed by atoms with Gasteiger partial charge >= 0.3 is 0 Å². The third kappa shape index (κ3) is 3.65. The number of rotatable bonds is 6. The first-order chi connectivity index (χ1) is 9.24. The molecule has 19 heavy (non-hydrogen) atoms. The zero-order valence-electron chi connectivity index (χ0n) is 11.1. The molecule has 2 aromatic rings. The van der Waals surface area contributed by atoms with Gasteiger partial charge in [0, 0.05) is 6.54 Å². The lowest BCUT2D eigenvalue weighted by Gasteiger charge is -2.24. The van der Waals surface area contributed by atoms with E-state index in [1.54, 1.807) is 0 Å². The number of halogens is 1. The van der Waals surface area contributed by atoms with Crippen molar-refractivity contribution in [2.24, 2.45) is 5.73 Å². The van der Waals surface area contributed by atoms with Crippen molar-refractivity contribution in [2.75, 3.05) is 6.54 Å². The molecule has 0 amide bonds. The van der Waals surface area contributed by atoms with Gasteiger partial charge in [0.25, 0.3) is 0 Å². The van der Waals surface area contributed by atoms with E-state index in [0.717, 1.165) is 12.8 Å². The Hall–Kier alpha value is -1.67. The summed E-state index contributed by atoms with van der Waals surface area (Å²) < 4.78 is 14.8. The highest BCUT2D eigenvalue weighted by molar-refractivity contribution is 5.23. The Kier molecular flexibility index (Phi) is 4.69. The average Bonchev–Trinajstić information content (AvgIpc) is 2.49. The molecular weight excluding hydrogens is 237 g/mol. The van der Waals surface area contributed by atoms with Crippen LogP contribution >= 0.6 is 0 Å². The van der Waals surface area contributed by atoms with Crippen LogP contribution < -0.4 is 5.73 Å². The molecule has 0 aliphatic carbocycles. The van der Waals surface area contributed by atoms with Crippen molar-refractivity contribution >= 4 is 0 Å². The minimum Gasteiger partial charge on any atom is -0.327 e. The van der Waals surface area contributed by atoms with E-state index in [1.165, 1.54) is 5.56 Å². The largest absolute Gasteiger partial charge is 0.327 e. The molecule has 0 fully saturated rings. The van der Waals surface area contributed by atoms with Crippen LogP contribution in [0.3, 0.4) is 0 Å². The summed E-state index contributed by atoms with van der Waals surface area (Å²) in [5, 5.41) is 0. The first kappa shape index (κ1) is 13.8. The van der Waals surface area contributed by atoms with E-state index in [1.807, 2.05) is 48.5 Å². The summed E-state index contributed by atoms with van der Waals surface area (Å²) >= 11 is 0. The lowest BCUT2D eigenvalue weighted by Crippen LogP contribution is -2.30. The highest BCUT2D eigenvalue weighted by atomic mass is 19.1. The smallest absolute Gasteiger partial charge is 0.148 e. The van der Waals surface area contributed by atoms with E-state index in [4.69, 9.17) is 5.73 Å². The number of aryl methyl sites for hydroxylation is 1. The van der Waals surface area contributed by atoms with E-state index in [2.05, 4.69) is 12.1 Å². The number of nitrogens with two attached hydrogens (primary N) is 1. The van der Waals surface area contributed by atoms with Crippen LogP contribution in [0.5, 0.6) is 0 Å². The molecule has 0 aromatic heterocycles. The van der Waals surface area contributed by atoms with Crippen LogP contribution in [0.4, 0.5) is 4.39 Å². The Morgan fingerprint density at radius 3 is 2.05 bits per heavy atom. The topological polar surface area (TPSA) is 26.0 Å². The van der Waals surface area contributed by atoms with Crippen LogP contribution in [0.1, 0.15) is 24.0 Å². The zero-order valence-corrected chi connectivity index (χ0v) is 11.1. The lowest BCUT2D eigenvalue weighted by atomic mass is 9.89. The fraction of sp³-hybridized carbons (Fsp3) is 0.294. The molecule has 0 bridgehead atoms. The summed E-state index contributed by atoms with van der Waals surface area (Å²) in [6.45, 7) is 0.0335. The molecule has 0 saturated carbocycles. The third-order valence-corrected chi connectivity index (χ3v) is 3.50. The van der Waals surface area contributed by atoms with Gasteiger partial charge in [-0.2, -0.15) is 0 Å². The fourth-order valence-corrected chi connectivity index (χ4v) is 2.32. The van der Waals surface area contributed by atoms with Gasteiger partial charge in [0.15, 0.2) is 0 Å². The molecule has 1 nitrogen and oxygen atoms in total. The maximum absolute atomic E-state index is 14.8. The van der Waals surface area contributed by atoms with Crippen molar-refractivity contribution in [3.05, 3.63) is 71.8 Å². The summed E-state index contributed by atoms with van der Waals surface area (Å²) in [6, 6.07) is 19.4. The predicted octanol–water partition coefficient (Wildman–Crippen LogP) is 3.83. The summed E-state index contributed by atoms with van der Waals surface area (Å²) in [5.74, 6) is 0. The molecule has 0 heterocycles. The molecule has 1 atom stereocenters. The van der Waals surface area contributed by atoms with E-state index < -0.39 is 5.67 Å². The number of alkyl halides is 1. The molecule has 0 spiro atoms. The van der Waals surface area contributed by atoms with Crippen LogP contribution in [0.15, 0.2) is 60.7 Å². The molecule has 100 valence electrons. The Morgan fingerprint density at radius 2 is 1.47 bits per heavy atom. The average molecular weight is 257 g/mol. The van der Waals surface area contributed by atoms with Crippen LogP contribution in [0.2, 0.25) is 0 Å². The van der Waals surface area contributed by atoms with Crippen molar-refractivity contribution < 1.29 is 4.39 Å². The van der Waals surface area contributed by atoms with E-state index in [0.29, 0.717) is 12.0 Å². The van der Waals surface area contributed by atoms with Gasteiger partial charge in [-0.15, -0.1) is 0 Å². The van der Waals surface area contributed by atoms with E-state index in [-0.39, 0.29) is 6.54 Å². The van der Waals surface area contributed by atoms with Crippen LogP contribution in [0.25, 0.3) is 0 Å². The molecule has 0 aliphatic heterocycles. The van der Waals surface area contributed by atoms with Crippen molar-refractivity contribution in [3.63, 3.8) is 0 Å². The number of benzene rings is 2. The normalized spacial score (nSPS) is 14.0. The Balaban J connectivity index is 1.96. The second-order valence-corrected chi connectivity index (χ2v) is 4.87. The number of hydrogen-bond donors (Lipinski definition) is 1. The van der Waals surface area contributed by atoms with Gasteiger partial charge in [-0.05, 0) is 30.4 Å². The van der Waals surface area contributed by atoms with Gasteiger partial charge in [-0.25, -0.2) is 4.39 Å². The summed E-state index contributed by atoms with van der Waals surface area (Å²) in [7, 11) is 0. The van der Waals surface area contributed by atoms with Crippen molar-refractivity contribution in [2.45, 2.75) is 24.9 Å². The van der Waals surface area contributed by atoms with Gasteiger partial charge < -0.3 is 5.73 Å². The maximum Gasteiger partial charge on any atom is 0.148 e. The molecule has 1 unspecified atom stereocenters. The third-order valence-electron chi connectivity index (χ3n) is 3.50. The highest BCUT2D eigenvalue weighted by Crippen LogP contribution is 2.30. The van der Waals surface area contributed by atoms with Gasteiger partial charge in [0.05, 0.1) is 0 Å².